The highest BCUT2D eigenvalue weighted by Crippen LogP contribution is 2.42. The number of aromatic nitrogens is 1. The number of carbonyl (C=O) groups is 1. The minimum Gasteiger partial charge on any atom is -0.478 e. The summed E-state index contributed by atoms with van der Waals surface area (Å²) in [5.41, 5.74) is 0.535. The lowest BCUT2D eigenvalue weighted by Gasteiger charge is -2.37. The number of benzene rings is 5. The van der Waals surface area contributed by atoms with E-state index in [4.69, 9.17) is 11.6 Å². The number of carboxylic acid groups (broad SMARTS) is 1. The highest BCUT2D eigenvalue weighted by molar-refractivity contribution is 7.99. The van der Waals surface area contributed by atoms with E-state index in [-0.39, 0.29) is 23.0 Å². The highest BCUT2D eigenvalue weighted by atomic mass is 35.5. The molecule has 0 saturated carbocycles. The molecule has 0 aliphatic carbocycles. The molecule has 0 radical (unpaired) electrons. The van der Waals surface area contributed by atoms with E-state index >= 15 is 0 Å². The van der Waals surface area contributed by atoms with Crippen LogP contribution in [0.2, 0.25) is 5.02 Å². The van der Waals surface area contributed by atoms with Crippen molar-refractivity contribution in [3.8, 4) is 22.4 Å². The highest BCUT2D eigenvalue weighted by Gasteiger charge is 2.48. The maximum Gasteiger partial charge on any atom is 0.501 e. The SMILES string of the molecule is Cc1cc(-c2c(C(=O)O)c(C)n(C)c2-c2ccc(Cl)cc2)cc(N2CCN(c3ccc(NS(=O)(=O)c4ccc(N[C@H](CCN5CCC(O)CC5)CSc5ccccc5)c(S(=O)(=O)C(F)(F)F)c4)cc3)CC2)c1. The molecule has 382 valence electrons. The van der Waals surface area contributed by atoms with Crippen LogP contribution in [0.15, 0.2) is 130 Å². The first-order valence-corrected chi connectivity index (χ1v) is 27.7. The molecule has 0 amide bonds. The minimum atomic E-state index is -6.03. The average molecular weight is 1070 g/mol. The fraction of sp³-hybridized carbons (Fsp3) is 0.327. The van der Waals surface area contributed by atoms with Crippen LogP contribution in [0, 0.1) is 13.8 Å². The zero-order valence-electron chi connectivity index (χ0n) is 39.9. The number of halogens is 4. The van der Waals surface area contributed by atoms with Crippen LogP contribution in [0.4, 0.5) is 35.9 Å². The van der Waals surface area contributed by atoms with Crippen molar-refractivity contribution in [3.63, 3.8) is 0 Å². The third kappa shape index (κ3) is 11.9. The number of likely N-dealkylation sites (tertiary alicyclic amines) is 1. The molecule has 72 heavy (non-hydrogen) atoms. The number of sulfone groups is 1. The van der Waals surface area contributed by atoms with Crippen LogP contribution < -0.4 is 19.8 Å². The largest absolute Gasteiger partial charge is 0.501 e. The third-order valence-electron chi connectivity index (χ3n) is 13.3. The van der Waals surface area contributed by atoms with Crippen molar-refractivity contribution >= 4 is 71.9 Å². The van der Waals surface area contributed by atoms with Gasteiger partial charge in [0.05, 0.1) is 27.9 Å². The summed E-state index contributed by atoms with van der Waals surface area (Å²) in [4.78, 5) is 18.3. The van der Waals surface area contributed by atoms with Crippen molar-refractivity contribution in [2.45, 2.75) is 65.5 Å². The van der Waals surface area contributed by atoms with Gasteiger partial charge >= 0.3 is 11.5 Å². The summed E-state index contributed by atoms with van der Waals surface area (Å²) in [6.07, 6.45) is 1.23. The number of hydrogen-bond donors (Lipinski definition) is 4. The Labute approximate surface area is 427 Å². The first kappa shape index (κ1) is 52.6. The molecule has 2 aliphatic heterocycles. The van der Waals surface area contributed by atoms with E-state index in [9.17, 15) is 45.0 Å². The quantitative estimate of drug-likeness (QED) is 0.0640. The van der Waals surface area contributed by atoms with E-state index in [1.807, 2.05) is 73.1 Å². The van der Waals surface area contributed by atoms with Crippen molar-refractivity contribution < 1.29 is 45.0 Å². The predicted octanol–water partition coefficient (Wildman–Crippen LogP) is 10.2. The van der Waals surface area contributed by atoms with Crippen LogP contribution in [0.25, 0.3) is 22.4 Å². The molecule has 3 heterocycles. The second-order valence-electron chi connectivity index (χ2n) is 18.2. The van der Waals surface area contributed by atoms with Crippen LogP contribution in [-0.2, 0) is 26.9 Å². The van der Waals surface area contributed by atoms with Gasteiger partial charge in [-0.3, -0.25) is 4.72 Å². The zero-order chi connectivity index (χ0) is 51.5. The van der Waals surface area contributed by atoms with Crippen LogP contribution in [0.5, 0.6) is 0 Å². The van der Waals surface area contributed by atoms with Crippen LogP contribution >= 0.6 is 23.4 Å². The number of nitrogens with zero attached hydrogens (tertiary/aromatic N) is 4. The van der Waals surface area contributed by atoms with Gasteiger partial charge in [0.2, 0.25) is 0 Å². The normalized spacial score (nSPS) is 15.7. The standard InChI is InChI=1S/C52H56ClF3N6O7S3/c1-34-29-37(49-48(51(64)65)35(2)59(3)50(49)36-9-11-38(53)12-10-36)31-42(30-34)62-27-25-61(26-28-62)41-15-13-39(14-16-41)58-72(68,69)45-17-18-46(47(32-45)71(66,67)52(54,55)56)57-40(33-70-44-7-5-4-6-8-44)19-22-60-23-20-43(63)21-24-60/h4-18,29-32,40,43,57-58,63H,19-28,33H2,1-3H3,(H,64,65)/t40-/m1/s1. The Balaban J connectivity index is 0.970. The number of aliphatic hydroxyl groups is 1. The molecule has 1 atom stereocenters. The molecule has 2 saturated heterocycles. The lowest BCUT2D eigenvalue weighted by atomic mass is 9.95. The van der Waals surface area contributed by atoms with Crippen molar-refractivity contribution in [2.24, 2.45) is 7.05 Å². The Hall–Kier alpha value is -5.70. The average Bonchev–Trinajstić information content (AvgIpc) is 3.62. The van der Waals surface area contributed by atoms with E-state index in [1.54, 1.807) is 31.2 Å². The van der Waals surface area contributed by atoms with Gasteiger partial charge in [-0.15, -0.1) is 11.8 Å². The van der Waals surface area contributed by atoms with Gasteiger partial charge in [0, 0.05) is 103 Å². The van der Waals surface area contributed by atoms with E-state index in [1.165, 1.54) is 23.9 Å². The number of aliphatic hydroxyl groups excluding tert-OH is 1. The Morgan fingerprint density at radius 3 is 2.07 bits per heavy atom. The number of carboxylic acids is 1. The van der Waals surface area contributed by atoms with Gasteiger partial charge in [-0.05, 0) is 129 Å². The van der Waals surface area contributed by atoms with Gasteiger partial charge < -0.3 is 34.8 Å². The second-order valence-corrected chi connectivity index (χ2v) is 23.3. The topological polar surface area (TPSA) is 165 Å². The van der Waals surface area contributed by atoms with E-state index in [2.05, 4.69) is 30.8 Å². The van der Waals surface area contributed by atoms with Gasteiger partial charge in [-0.25, -0.2) is 21.6 Å². The number of piperidine rings is 1. The first-order valence-electron chi connectivity index (χ1n) is 23.4. The number of anilines is 4. The number of thioether (sulfide) groups is 1. The van der Waals surface area contributed by atoms with E-state index in [0.29, 0.717) is 93.2 Å². The molecule has 0 bridgehead atoms. The van der Waals surface area contributed by atoms with Crippen LogP contribution in [-0.4, -0.2) is 112 Å². The molecule has 6 aromatic rings. The van der Waals surface area contributed by atoms with Crippen molar-refractivity contribution in [3.05, 3.63) is 137 Å². The molecular formula is C52H56ClF3N6O7S3. The van der Waals surface area contributed by atoms with Gasteiger partial charge in [0.1, 0.15) is 4.90 Å². The van der Waals surface area contributed by atoms with Crippen molar-refractivity contribution in [1.29, 1.82) is 0 Å². The summed E-state index contributed by atoms with van der Waals surface area (Å²) in [6.45, 7) is 8.03. The summed E-state index contributed by atoms with van der Waals surface area (Å²) in [6, 6.07) is 31.5. The Kier molecular flexibility index (Phi) is 15.9. The summed E-state index contributed by atoms with van der Waals surface area (Å²) < 4.78 is 101. The van der Waals surface area contributed by atoms with E-state index in [0.717, 1.165) is 50.8 Å². The smallest absolute Gasteiger partial charge is 0.478 e. The molecule has 13 nitrogen and oxygen atoms in total. The van der Waals surface area contributed by atoms with Crippen molar-refractivity contribution in [1.82, 2.24) is 9.47 Å². The van der Waals surface area contributed by atoms with E-state index < -0.39 is 47.2 Å². The number of hydrogen-bond acceptors (Lipinski definition) is 11. The van der Waals surface area contributed by atoms with Gasteiger partial charge in [-0.1, -0.05) is 48.0 Å². The lowest BCUT2D eigenvalue weighted by molar-refractivity contribution is -0.0436. The van der Waals surface area contributed by atoms with Crippen molar-refractivity contribution in [2.75, 3.05) is 71.4 Å². The Bertz CT molecular complexity index is 3130. The van der Waals surface area contributed by atoms with Gasteiger partial charge in [-0.2, -0.15) is 13.2 Å². The lowest BCUT2D eigenvalue weighted by Crippen LogP contribution is -2.46. The number of aryl methyl sites for hydroxylation is 1. The number of aromatic carboxylic acids is 1. The zero-order valence-corrected chi connectivity index (χ0v) is 43.1. The van der Waals surface area contributed by atoms with Crippen LogP contribution in [0.1, 0.15) is 40.9 Å². The Morgan fingerprint density at radius 2 is 1.44 bits per heavy atom. The maximum atomic E-state index is 14.3. The molecule has 8 rings (SSSR count). The first-order chi connectivity index (χ1) is 34.2. The number of piperazine rings is 1. The fourth-order valence-corrected chi connectivity index (χ4v) is 12.5. The molecule has 2 aliphatic rings. The second kappa shape index (κ2) is 21.8. The predicted molar refractivity (Wildman–Crippen MR) is 280 cm³/mol. The minimum absolute atomic E-state index is 0.116. The number of nitrogens with one attached hydrogen (secondary N) is 2. The molecule has 0 unspecified atom stereocenters. The maximum absolute atomic E-state index is 14.3. The summed E-state index contributed by atoms with van der Waals surface area (Å²) in [5, 5.41) is 24.0. The molecule has 1 aromatic heterocycles. The summed E-state index contributed by atoms with van der Waals surface area (Å²) in [7, 11) is -8.77. The van der Waals surface area contributed by atoms with Crippen LogP contribution in [0.3, 0.4) is 0 Å². The molecule has 20 heteroatoms. The molecular weight excluding hydrogens is 1010 g/mol. The number of rotatable bonds is 17. The monoisotopic (exact) mass is 1060 g/mol. The number of alkyl halides is 3. The summed E-state index contributed by atoms with van der Waals surface area (Å²) in [5.74, 6) is -0.659. The molecule has 5 aromatic carbocycles. The molecule has 2 fully saturated rings. The van der Waals surface area contributed by atoms with Gasteiger partial charge in [0.15, 0.2) is 0 Å². The fourth-order valence-electron chi connectivity index (χ4n) is 9.31. The van der Waals surface area contributed by atoms with Gasteiger partial charge in [0.25, 0.3) is 19.9 Å². The third-order valence-corrected chi connectivity index (χ3v) is 17.6. The molecule has 4 N–H and O–H groups in total. The number of sulfonamides is 1. The molecule has 0 spiro atoms. The Morgan fingerprint density at radius 1 is 0.806 bits per heavy atom. The summed E-state index contributed by atoms with van der Waals surface area (Å²) >= 11 is 7.66.